The largest absolute Gasteiger partial charge is 0.337 e. The molecule has 0 atom stereocenters. The SMILES string of the molecule is CN(c1ccccc1)c1cnc(C(=O)N2CCN(c3ncccn3)CC2)cn1. The van der Waals surface area contributed by atoms with Crippen molar-refractivity contribution in [3.05, 3.63) is 66.9 Å². The van der Waals surface area contributed by atoms with E-state index < -0.39 is 0 Å². The molecule has 2 aromatic heterocycles. The molecule has 0 radical (unpaired) electrons. The Balaban J connectivity index is 1.39. The smallest absolute Gasteiger partial charge is 0.274 e. The van der Waals surface area contributed by atoms with E-state index in [0.29, 0.717) is 43.6 Å². The van der Waals surface area contributed by atoms with E-state index in [2.05, 4.69) is 24.8 Å². The number of carbonyl (C=O) groups excluding carboxylic acids is 1. The lowest BCUT2D eigenvalue weighted by molar-refractivity contribution is 0.0740. The van der Waals surface area contributed by atoms with Crippen molar-refractivity contribution in [3.63, 3.8) is 0 Å². The van der Waals surface area contributed by atoms with Gasteiger partial charge in [0.2, 0.25) is 5.95 Å². The summed E-state index contributed by atoms with van der Waals surface area (Å²) in [6.45, 7) is 2.59. The molecule has 1 fully saturated rings. The highest BCUT2D eigenvalue weighted by molar-refractivity contribution is 5.92. The molecule has 8 nitrogen and oxygen atoms in total. The molecule has 8 heteroatoms. The molecule has 142 valence electrons. The molecule has 1 amide bonds. The molecule has 3 aromatic rings. The molecule has 1 aliphatic heterocycles. The molecule has 0 spiro atoms. The van der Waals surface area contributed by atoms with E-state index in [4.69, 9.17) is 0 Å². The molecule has 0 unspecified atom stereocenters. The van der Waals surface area contributed by atoms with Gasteiger partial charge in [0.05, 0.1) is 12.4 Å². The van der Waals surface area contributed by atoms with Gasteiger partial charge in [0.1, 0.15) is 5.69 Å². The lowest BCUT2D eigenvalue weighted by Crippen LogP contribution is -2.49. The molecule has 3 heterocycles. The monoisotopic (exact) mass is 375 g/mol. The summed E-state index contributed by atoms with van der Waals surface area (Å²) in [7, 11) is 1.92. The van der Waals surface area contributed by atoms with Crippen LogP contribution in [-0.4, -0.2) is 64.0 Å². The second kappa shape index (κ2) is 7.99. The molecule has 0 saturated carbocycles. The number of hydrogen-bond acceptors (Lipinski definition) is 7. The minimum absolute atomic E-state index is 0.102. The minimum atomic E-state index is -0.102. The van der Waals surface area contributed by atoms with E-state index in [1.807, 2.05) is 42.3 Å². The summed E-state index contributed by atoms with van der Waals surface area (Å²) in [6, 6.07) is 11.7. The number of anilines is 3. The summed E-state index contributed by atoms with van der Waals surface area (Å²) in [5, 5.41) is 0. The predicted molar refractivity (Wildman–Crippen MR) is 107 cm³/mol. The first-order valence-corrected chi connectivity index (χ1v) is 9.14. The second-order valence-electron chi connectivity index (χ2n) is 6.48. The van der Waals surface area contributed by atoms with Crippen LogP contribution in [0.4, 0.5) is 17.5 Å². The zero-order valence-electron chi connectivity index (χ0n) is 15.6. The topological polar surface area (TPSA) is 78.4 Å². The number of amides is 1. The molecule has 4 rings (SSSR count). The lowest BCUT2D eigenvalue weighted by Gasteiger charge is -2.34. The molecule has 1 aliphatic rings. The first-order valence-electron chi connectivity index (χ1n) is 9.14. The fourth-order valence-electron chi connectivity index (χ4n) is 3.11. The van der Waals surface area contributed by atoms with E-state index >= 15 is 0 Å². The molecule has 1 saturated heterocycles. The van der Waals surface area contributed by atoms with Gasteiger partial charge in [0.15, 0.2) is 5.82 Å². The quantitative estimate of drug-likeness (QED) is 0.690. The Kier molecular flexibility index (Phi) is 5.09. The Hall–Kier alpha value is -3.55. The van der Waals surface area contributed by atoms with Gasteiger partial charge in [-0.2, -0.15) is 0 Å². The number of piperazine rings is 1. The van der Waals surface area contributed by atoms with E-state index in [9.17, 15) is 4.79 Å². The first kappa shape index (κ1) is 17.8. The standard InChI is InChI=1S/C20H21N7O/c1-25(16-6-3-2-4-7-16)18-15-23-17(14-24-18)19(28)26-10-12-27(13-11-26)20-21-8-5-9-22-20/h2-9,14-15H,10-13H2,1H3. The van der Waals surface area contributed by atoms with Crippen LogP contribution in [-0.2, 0) is 0 Å². The zero-order chi connectivity index (χ0) is 19.3. The van der Waals surface area contributed by atoms with Gasteiger partial charge in [0.25, 0.3) is 5.91 Å². The molecular weight excluding hydrogens is 354 g/mol. The average molecular weight is 375 g/mol. The number of rotatable bonds is 4. The van der Waals surface area contributed by atoms with Crippen molar-refractivity contribution in [2.24, 2.45) is 0 Å². The van der Waals surface area contributed by atoms with Crippen molar-refractivity contribution in [1.29, 1.82) is 0 Å². The number of aromatic nitrogens is 4. The van der Waals surface area contributed by atoms with Crippen molar-refractivity contribution in [2.45, 2.75) is 0 Å². The minimum Gasteiger partial charge on any atom is -0.337 e. The van der Waals surface area contributed by atoms with Crippen LogP contribution in [0, 0.1) is 0 Å². The highest BCUT2D eigenvalue weighted by Crippen LogP contribution is 2.20. The van der Waals surface area contributed by atoms with Crippen molar-refractivity contribution in [1.82, 2.24) is 24.8 Å². The highest BCUT2D eigenvalue weighted by atomic mass is 16.2. The summed E-state index contributed by atoms with van der Waals surface area (Å²) >= 11 is 0. The van der Waals surface area contributed by atoms with Gasteiger partial charge < -0.3 is 14.7 Å². The third kappa shape index (κ3) is 3.75. The second-order valence-corrected chi connectivity index (χ2v) is 6.48. The van der Waals surface area contributed by atoms with Crippen LogP contribution < -0.4 is 9.80 Å². The van der Waals surface area contributed by atoms with Crippen molar-refractivity contribution < 1.29 is 4.79 Å². The van der Waals surface area contributed by atoms with E-state index in [-0.39, 0.29) is 5.91 Å². The Morgan fingerprint density at radius 1 is 0.893 bits per heavy atom. The van der Waals surface area contributed by atoms with Crippen molar-refractivity contribution >= 4 is 23.4 Å². The zero-order valence-corrected chi connectivity index (χ0v) is 15.6. The van der Waals surface area contributed by atoms with Crippen LogP contribution in [0.15, 0.2) is 61.2 Å². The molecule has 0 N–H and O–H groups in total. The summed E-state index contributed by atoms with van der Waals surface area (Å²) in [6.07, 6.45) is 6.63. The number of carbonyl (C=O) groups is 1. The van der Waals surface area contributed by atoms with Gasteiger partial charge in [0, 0.05) is 51.3 Å². The normalized spacial score (nSPS) is 14.0. The van der Waals surface area contributed by atoms with Crippen molar-refractivity contribution in [2.75, 3.05) is 43.0 Å². The van der Waals surface area contributed by atoms with Gasteiger partial charge in [-0.1, -0.05) is 18.2 Å². The molecule has 0 aliphatic carbocycles. The highest BCUT2D eigenvalue weighted by Gasteiger charge is 2.24. The molecule has 0 bridgehead atoms. The Morgan fingerprint density at radius 3 is 2.25 bits per heavy atom. The molecule has 28 heavy (non-hydrogen) atoms. The van der Waals surface area contributed by atoms with Gasteiger partial charge in [-0.3, -0.25) is 4.79 Å². The summed E-state index contributed by atoms with van der Waals surface area (Å²) < 4.78 is 0. The van der Waals surface area contributed by atoms with Gasteiger partial charge >= 0.3 is 0 Å². The fraction of sp³-hybridized carbons (Fsp3) is 0.250. The lowest BCUT2D eigenvalue weighted by atomic mass is 10.3. The van der Waals surface area contributed by atoms with Crippen molar-refractivity contribution in [3.8, 4) is 0 Å². The van der Waals surface area contributed by atoms with Crippen LogP contribution in [0.25, 0.3) is 0 Å². The van der Waals surface area contributed by atoms with Crippen LogP contribution in [0.3, 0.4) is 0 Å². The van der Waals surface area contributed by atoms with Gasteiger partial charge in [-0.05, 0) is 18.2 Å². The Morgan fingerprint density at radius 2 is 1.61 bits per heavy atom. The van der Waals surface area contributed by atoms with Crippen LogP contribution >= 0.6 is 0 Å². The van der Waals surface area contributed by atoms with Gasteiger partial charge in [-0.25, -0.2) is 19.9 Å². The summed E-state index contributed by atoms with van der Waals surface area (Å²) in [5.74, 6) is 1.28. The maximum absolute atomic E-state index is 12.8. The Labute approximate surface area is 163 Å². The third-order valence-corrected chi connectivity index (χ3v) is 4.75. The molecular formula is C20H21N7O. The fourth-order valence-corrected chi connectivity index (χ4v) is 3.11. The van der Waals surface area contributed by atoms with Crippen LogP contribution in [0.2, 0.25) is 0 Å². The van der Waals surface area contributed by atoms with Gasteiger partial charge in [-0.15, -0.1) is 0 Å². The van der Waals surface area contributed by atoms with Crippen LogP contribution in [0.1, 0.15) is 10.5 Å². The Bertz CT molecular complexity index is 910. The first-order chi connectivity index (χ1) is 13.7. The number of nitrogens with zero attached hydrogens (tertiary/aromatic N) is 7. The third-order valence-electron chi connectivity index (χ3n) is 4.75. The van der Waals surface area contributed by atoms with E-state index in [0.717, 1.165) is 5.69 Å². The summed E-state index contributed by atoms with van der Waals surface area (Å²) in [5.41, 5.74) is 1.37. The number of hydrogen-bond donors (Lipinski definition) is 0. The predicted octanol–water partition coefficient (Wildman–Crippen LogP) is 2.00. The number of benzene rings is 1. The number of para-hydroxylation sites is 1. The maximum atomic E-state index is 12.8. The van der Waals surface area contributed by atoms with Crippen LogP contribution in [0.5, 0.6) is 0 Å². The molecule has 1 aromatic carbocycles. The van der Waals surface area contributed by atoms with E-state index in [1.165, 1.54) is 0 Å². The van der Waals surface area contributed by atoms with E-state index in [1.54, 1.807) is 35.8 Å². The summed E-state index contributed by atoms with van der Waals surface area (Å²) in [4.78, 5) is 35.9. The maximum Gasteiger partial charge on any atom is 0.274 e. The average Bonchev–Trinajstić information content (AvgIpc) is 2.79.